The molecule has 0 unspecified atom stereocenters. The number of hydrogen-bond acceptors (Lipinski definition) is 5. The van der Waals surface area contributed by atoms with Crippen LogP contribution < -0.4 is 15.0 Å². The number of fused-ring (bicyclic) bond motifs is 1. The lowest BCUT2D eigenvalue weighted by molar-refractivity contribution is -0.274. The first-order chi connectivity index (χ1) is 13.2. The second-order valence-electron chi connectivity index (χ2n) is 6.43. The second kappa shape index (κ2) is 7.66. The normalized spacial score (nSPS) is 22.3. The summed E-state index contributed by atoms with van der Waals surface area (Å²) in [6, 6.07) is 2.95. The number of urea groups is 1. The number of hydrogen-bond donors (Lipinski definition) is 1. The van der Waals surface area contributed by atoms with Gasteiger partial charge in [-0.2, -0.15) is 0 Å². The summed E-state index contributed by atoms with van der Waals surface area (Å²) >= 11 is 0. The number of methoxy groups -OCH3 is 1. The number of alkyl halides is 3. The molecule has 2 saturated heterocycles. The van der Waals surface area contributed by atoms with E-state index in [0.29, 0.717) is 6.42 Å². The maximum Gasteiger partial charge on any atom is 0.573 e. The van der Waals surface area contributed by atoms with E-state index in [9.17, 15) is 27.6 Å². The smallest absolute Gasteiger partial charge is 0.406 e. The van der Waals surface area contributed by atoms with Crippen LogP contribution in [0.5, 0.6) is 5.75 Å². The third-order valence-corrected chi connectivity index (χ3v) is 4.51. The molecule has 0 bridgehead atoms. The molecular formula is C17H18F3N3O5. The van der Waals surface area contributed by atoms with Crippen LogP contribution in [0.1, 0.15) is 12.8 Å². The average Bonchev–Trinajstić information content (AvgIpc) is 2.85. The Bertz CT molecular complexity index is 768. The van der Waals surface area contributed by atoms with E-state index in [-0.39, 0.29) is 37.2 Å². The number of carbonyl (C=O) groups is 3. The number of nitrogens with one attached hydrogen (secondary N) is 1. The summed E-state index contributed by atoms with van der Waals surface area (Å²) in [5.41, 5.74) is 0.152. The van der Waals surface area contributed by atoms with E-state index < -0.39 is 30.1 Å². The standard InChI is InChI=1S/C17H18F3N3O5/c1-27-9-14(24)21-10-6-7-22-13(8-10)15(25)23(16(22)26)11-2-4-12(5-3-11)28-17(18,19)20/h2-5,10,13H,6-9H2,1H3,(H,21,24)/t10-,13+/m1/s1. The predicted molar refractivity (Wildman–Crippen MR) is 89.5 cm³/mol. The van der Waals surface area contributed by atoms with Crippen LogP contribution >= 0.6 is 0 Å². The van der Waals surface area contributed by atoms with Crippen LogP contribution in [-0.2, 0) is 14.3 Å². The van der Waals surface area contributed by atoms with Crippen molar-refractivity contribution >= 4 is 23.5 Å². The summed E-state index contributed by atoms with van der Waals surface area (Å²) in [4.78, 5) is 39.3. The van der Waals surface area contributed by atoms with Gasteiger partial charge in [-0.25, -0.2) is 9.69 Å². The van der Waals surface area contributed by atoms with E-state index in [1.165, 1.54) is 24.1 Å². The van der Waals surface area contributed by atoms with Crippen LogP contribution in [0.25, 0.3) is 0 Å². The number of ether oxygens (including phenoxy) is 2. The minimum absolute atomic E-state index is 0.101. The number of amides is 4. The van der Waals surface area contributed by atoms with Crippen molar-refractivity contribution in [3.8, 4) is 5.75 Å². The summed E-state index contributed by atoms with van der Waals surface area (Å²) in [5.74, 6) is -1.25. The van der Waals surface area contributed by atoms with Gasteiger partial charge in [-0.05, 0) is 37.1 Å². The molecule has 1 N–H and O–H groups in total. The van der Waals surface area contributed by atoms with Crippen molar-refractivity contribution in [2.75, 3.05) is 25.2 Å². The molecule has 0 spiro atoms. The molecule has 0 radical (unpaired) electrons. The van der Waals surface area contributed by atoms with E-state index in [1.54, 1.807) is 0 Å². The number of halogens is 3. The van der Waals surface area contributed by atoms with Crippen molar-refractivity contribution in [3.63, 3.8) is 0 Å². The number of nitrogens with zero attached hydrogens (tertiary/aromatic N) is 2. The molecule has 2 heterocycles. The molecule has 0 aliphatic carbocycles. The first-order valence-corrected chi connectivity index (χ1v) is 8.48. The zero-order valence-electron chi connectivity index (χ0n) is 14.9. The van der Waals surface area contributed by atoms with Gasteiger partial charge in [0.15, 0.2) is 0 Å². The molecule has 2 fully saturated rings. The largest absolute Gasteiger partial charge is 0.573 e. The molecule has 2 aliphatic heterocycles. The molecule has 28 heavy (non-hydrogen) atoms. The Kier molecular flexibility index (Phi) is 5.45. The van der Waals surface area contributed by atoms with Crippen molar-refractivity contribution in [2.45, 2.75) is 31.3 Å². The Morgan fingerprint density at radius 3 is 2.54 bits per heavy atom. The number of rotatable bonds is 5. The molecule has 2 atom stereocenters. The molecular weight excluding hydrogens is 383 g/mol. The molecule has 0 saturated carbocycles. The maximum atomic E-state index is 12.7. The van der Waals surface area contributed by atoms with Crippen LogP contribution in [0.3, 0.4) is 0 Å². The van der Waals surface area contributed by atoms with Crippen molar-refractivity contribution in [1.29, 1.82) is 0 Å². The van der Waals surface area contributed by atoms with Gasteiger partial charge < -0.3 is 19.7 Å². The second-order valence-corrected chi connectivity index (χ2v) is 6.43. The van der Waals surface area contributed by atoms with Crippen molar-refractivity contribution < 1.29 is 37.0 Å². The van der Waals surface area contributed by atoms with E-state index >= 15 is 0 Å². The van der Waals surface area contributed by atoms with Crippen LogP contribution in [0, 0.1) is 0 Å². The molecule has 11 heteroatoms. The quantitative estimate of drug-likeness (QED) is 0.758. The van der Waals surface area contributed by atoms with Crippen LogP contribution in [0.2, 0.25) is 0 Å². The minimum atomic E-state index is -4.83. The average molecular weight is 401 g/mol. The number of imide groups is 1. The Morgan fingerprint density at radius 2 is 1.93 bits per heavy atom. The van der Waals surface area contributed by atoms with E-state index in [2.05, 4.69) is 10.1 Å². The van der Waals surface area contributed by atoms with Gasteiger partial charge in [0.05, 0.1) is 5.69 Å². The predicted octanol–water partition coefficient (Wildman–Crippen LogP) is 1.65. The third kappa shape index (κ3) is 4.19. The van der Waals surface area contributed by atoms with E-state index in [0.717, 1.165) is 17.0 Å². The first kappa shape index (κ1) is 19.9. The van der Waals surface area contributed by atoms with Gasteiger partial charge in [0.25, 0.3) is 5.91 Å². The van der Waals surface area contributed by atoms with Crippen LogP contribution in [-0.4, -0.2) is 61.5 Å². The molecule has 0 aromatic heterocycles. The fourth-order valence-electron chi connectivity index (χ4n) is 3.37. The number of carbonyl (C=O) groups excluding carboxylic acids is 3. The summed E-state index contributed by atoms with van der Waals surface area (Å²) in [5, 5.41) is 2.76. The molecule has 1 aromatic carbocycles. The molecule has 3 rings (SSSR count). The van der Waals surface area contributed by atoms with Gasteiger partial charge in [-0.15, -0.1) is 13.2 Å². The topological polar surface area (TPSA) is 88.2 Å². The van der Waals surface area contributed by atoms with Gasteiger partial charge in [0.2, 0.25) is 5.91 Å². The van der Waals surface area contributed by atoms with Gasteiger partial charge in [-0.1, -0.05) is 0 Å². The Labute approximate surface area is 158 Å². The highest BCUT2D eigenvalue weighted by Crippen LogP contribution is 2.32. The highest BCUT2D eigenvalue weighted by atomic mass is 19.4. The van der Waals surface area contributed by atoms with Crippen molar-refractivity contribution in [3.05, 3.63) is 24.3 Å². The lowest BCUT2D eigenvalue weighted by Crippen LogP contribution is -2.50. The first-order valence-electron chi connectivity index (χ1n) is 8.48. The highest BCUT2D eigenvalue weighted by molar-refractivity contribution is 6.21. The summed E-state index contributed by atoms with van der Waals surface area (Å²) in [7, 11) is 1.39. The Hall–Kier alpha value is -2.82. The summed E-state index contributed by atoms with van der Waals surface area (Å²) in [6.45, 7) is 0.176. The van der Waals surface area contributed by atoms with Gasteiger partial charge >= 0.3 is 12.4 Å². The summed E-state index contributed by atoms with van der Waals surface area (Å²) in [6.07, 6.45) is -4.09. The third-order valence-electron chi connectivity index (χ3n) is 4.51. The fraction of sp³-hybridized carbons (Fsp3) is 0.471. The molecule has 152 valence electrons. The lowest BCUT2D eigenvalue weighted by atomic mass is 9.98. The Morgan fingerprint density at radius 1 is 1.25 bits per heavy atom. The fourth-order valence-corrected chi connectivity index (χ4v) is 3.37. The SMILES string of the molecule is COCC(=O)N[C@@H]1CCN2C(=O)N(c3ccc(OC(F)(F)F)cc3)C(=O)[C@@H]2C1. The minimum Gasteiger partial charge on any atom is -0.406 e. The molecule has 4 amide bonds. The number of piperidine rings is 1. The van der Waals surface area contributed by atoms with Gasteiger partial charge in [0.1, 0.15) is 18.4 Å². The number of benzene rings is 1. The maximum absolute atomic E-state index is 12.7. The van der Waals surface area contributed by atoms with Crippen molar-refractivity contribution in [1.82, 2.24) is 10.2 Å². The number of anilines is 1. The monoisotopic (exact) mass is 401 g/mol. The molecule has 8 nitrogen and oxygen atoms in total. The van der Waals surface area contributed by atoms with E-state index in [4.69, 9.17) is 4.74 Å². The molecule has 2 aliphatic rings. The van der Waals surface area contributed by atoms with Crippen LogP contribution in [0.15, 0.2) is 24.3 Å². The Balaban J connectivity index is 1.71. The van der Waals surface area contributed by atoms with Gasteiger partial charge in [0, 0.05) is 19.7 Å². The van der Waals surface area contributed by atoms with E-state index in [1.807, 2.05) is 0 Å². The highest BCUT2D eigenvalue weighted by Gasteiger charge is 2.48. The zero-order valence-corrected chi connectivity index (χ0v) is 14.9. The van der Waals surface area contributed by atoms with Crippen molar-refractivity contribution in [2.24, 2.45) is 0 Å². The lowest BCUT2D eigenvalue weighted by Gasteiger charge is -2.32. The summed E-state index contributed by atoms with van der Waals surface area (Å²) < 4.78 is 45.3. The van der Waals surface area contributed by atoms with Crippen LogP contribution in [0.4, 0.5) is 23.7 Å². The van der Waals surface area contributed by atoms with Gasteiger partial charge in [-0.3, -0.25) is 9.59 Å². The zero-order chi connectivity index (χ0) is 20.5. The molecule has 1 aromatic rings.